The number of pyridine rings is 2. The molecule has 0 N–H and O–H groups in total. The van der Waals surface area contributed by atoms with E-state index in [0.717, 1.165) is 29.8 Å². The predicted octanol–water partition coefficient (Wildman–Crippen LogP) is 8.03. The third-order valence-electron chi connectivity index (χ3n) is 6.99. The van der Waals surface area contributed by atoms with Crippen LogP contribution in [0, 0.1) is 0 Å². The fourth-order valence-corrected chi connectivity index (χ4v) is 5.29. The number of aromatic nitrogens is 2. The van der Waals surface area contributed by atoms with Crippen LogP contribution < -0.4 is 0 Å². The average molecular weight is 441 g/mol. The molecule has 0 aliphatic heterocycles. The van der Waals surface area contributed by atoms with E-state index in [0.29, 0.717) is 0 Å². The van der Waals surface area contributed by atoms with Gasteiger partial charge >= 0.3 is 0 Å². The lowest BCUT2D eigenvalue weighted by Crippen LogP contribution is -2.12. The number of nitrogens with zero attached hydrogens (tertiary/aromatic N) is 2. The van der Waals surface area contributed by atoms with Crippen molar-refractivity contribution in [1.82, 2.24) is 9.97 Å². The first-order chi connectivity index (χ1) is 16.5. The van der Waals surface area contributed by atoms with Crippen molar-refractivity contribution in [2.45, 2.75) is 39.0 Å². The molecule has 0 bridgehead atoms. The highest BCUT2D eigenvalue weighted by Gasteiger charge is 2.23. The Morgan fingerprint density at radius 2 is 1.50 bits per heavy atom. The lowest BCUT2D eigenvalue weighted by Gasteiger charge is -2.25. The van der Waals surface area contributed by atoms with Crippen molar-refractivity contribution >= 4 is 10.8 Å². The molecule has 2 nitrogen and oxygen atoms in total. The minimum absolute atomic E-state index is 0.0504. The zero-order valence-corrected chi connectivity index (χ0v) is 20.0. The molecule has 3 aromatic carbocycles. The summed E-state index contributed by atoms with van der Waals surface area (Å²) in [6.07, 6.45) is 6.01. The smallest absolute Gasteiger partial charge is 0.0740 e. The molecule has 166 valence electrons. The van der Waals surface area contributed by atoms with Crippen LogP contribution in [0.15, 0.2) is 91.3 Å². The Morgan fingerprint density at radius 3 is 2.32 bits per heavy atom. The Kier molecular flexibility index (Phi) is 4.84. The highest BCUT2D eigenvalue weighted by Crippen LogP contribution is 2.40. The summed E-state index contributed by atoms with van der Waals surface area (Å²) in [4.78, 5) is 9.74. The molecule has 34 heavy (non-hydrogen) atoms. The van der Waals surface area contributed by atoms with Gasteiger partial charge in [-0.15, -0.1) is 0 Å². The Labute approximate surface area is 201 Å². The van der Waals surface area contributed by atoms with E-state index in [4.69, 9.17) is 9.97 Å². The second kappa shape index (κ2) is 7.92. The van der Waals surface area contributed by atoms with Gasteiger partial charge in [-0.1, -0.05) is 75.4 Å². The summed E-state index contributed by atoms with van der Waals surface area (Å²) in [5.41, 5.74) is 11.1. The topological polar surface area (TPSA) is 25.8 Å². The van der Waals surface area contributed by atoms with E-state index in [1.54, 1.807) is 0 Å². The second-order valence-corrected chi connectivity index (χ2v) is 10.3. The molecule has 0 fully saturated rings. The fourth-order valence-electron chi connectivity index (χ4n) is 5.29. The molecule has 1 aliphatic carbocycles. The Balaban J connectivity index is 1.50. The summed E-state index contributed by atoms with van der Waals surface area (Å²) < 4.78 is 0. The molecule has 2 heteroatoms. The normalized spacial score (nSPS) is 12.9. The van der Waals surface area contributed by atoms with Gasteiger partial charge in [-0.3, -0.25) is 9.97 Å². The molecule has 6 rings (SSSR count). The zero-order valence-electron chi connectivity index (χ0n) is 20.0. The number of rotatable bonds is 2. The van der Waals surface area contributed by atoms with Gasteiger partial charge in [-0.25, -0.2) is 0 Å². The maximum atomic E-state index is 4.91. The van der Waals surface area contributed by atoms with Crippen LogP contribution in [0.4, 0.5) is 0 Å². The molecule has 0 spiro atoms. The van der Waals surface area contributed by atoms with Gasteiger partial charge < -0.3 is 0 Å². The fraction of sp³-hybridized carbons (Fsp3) is 0.188. The number of fused-ring (bicyclic) bond motifs is 4. The standard InChI is InChI=1S/C32H28N2/c1-32(2,3)29-18-24(17-22-11-7-8-12-25(22)29)31-27-14-13-23-19-30(21-9-5-4-6-10-21)34-20-28(23)26(27)15-16-33-31/h4-12,15-20H,13-14H2,1-3H3. The average Bonchev–Trinajstić information content (AvgIpc) is 2.87. The van der Waals surface area contributed by atoms with Crippen molar-refractivity contribution in [2.24, 2.45) is 0 Å². The molecule has 0 saturated carbocycles. The SMILES string of the molecule is CC(C)(C)c1cc(-c2nccc3c2CCc2cc(-c4ccccc4)ncc2-3)cc2ccccc12. The molecule has 0 amide bonds. The van der Waals surface area contributed by atoms with Gasteiger partial charge in [0.05, 0.1) is 11.4 Å². The van der Waals surface area contributed by atoms with E-state index in [-0.39, 0.29) is 5.41 Å². The largest absolute Gasteiger partial charge is 0.256 e. The molecule has 0 radical (unpaired) electrons. The molecule has 2 heterocycles. The van der Waals surface area contributed by atoms with Gasteiger partial charge in [0.2, 0.25) is 0 Å². The van der Waals surface area contributed by atoms with E-state index in [1.165, 1.54) is 44.2 Å². The van der Waals surface area contributed by atoms with Crippen molar-refractivity contribution in [3.05, 3.63) is 108 Å². The monoisotopic (exact) mass is 440 g/mol. The van der Waals surface area contributed by atoms with Crippen LogP contribution in [0.1, 0.15) is 37.5 Å². The number of hydrogen-bond donors (Lipinski definition) is 0. The molecule has 0 saturated heterocycles. The summed E-state index contributed by atoms with van der Waals surface area (Å²) >= 11 is 0. The molecular weight excluding hydrogens is 412 g/mol. The third-order valence-corrected chi connectivity index (χ3v) is 6.99. The van der Waals surface area contributed by atoms with E-state index >= 15 is 0 Å². The number of aryl methyl sites for hydroxylation is 1. The van der Waals surface area contributed by atoms with Crippen LogP contribution in [0.2, 0.25) is 0 Å². The molecule has 2 aromatic heterocycles. The van der Waals surface area contributed by atoms with Crippen LogP contribution in [-0.2, 0) is 18.3 Å². The van der Waals surface area contributed by atoms with Gasteiger partial charge in [-0.2, -0.15) is 0 Å². The molecule has 1 aliphatic rings. The van der Waals surface area contributed by atoms with Crippen molar-refractivity contribution in [3.8, 4) is 33.6 Å². The minimum Gasteiger partial charge on any atom is -0.256 e. The van der Waals surface area contributed by atoms with Crippen LogP contribution in [0.5, 0.6) is 0 Å². The van der Waals surface area contributed by atoms with Crippen LogP contribution in [0.25, 0.3) is 44.4 Å². The summed E-state index contributed by atoms with van der Waals surface area (Å²) in [7, 11) is 0. The van der Waals surface area contributed by atoms with Gasteiger partial charge in [0, 0.05) is 29.1 Å². The number of benzene rings is 3. The Hall–Kier alpha value is -3.78. The van der Waals surface area contributed by atoms with Crippen molar-refractivity contribution in [1.29, 1.82) is 0 Å². The van der Waals surface area contributed by atoms with E-state index in [2.05, 4.69) is 99.8 Å². The van der Waals surface area contributed by atoms with E-state index < -0.39 is 0 Å². The van der Waals surface area contributed by atoms with Crippen molar-refractivity contribution in [2.75, 3.05) is 0 Å². The van der Waals surface area contributed by atoms with Crippen molar-refractivity contribution < 1.29 is 0 Å². The summed E-state index contributed by atoms with van der Waals surface area (Å²) in [6.45, 7) is 6.87. The third kappa shape index (κ3) is 3.51. The van der Waals surface area contributed by atoms with Gasteiger partial charge in [0.15, 0.2) is 0 Å². The first-order valence-corrected chi connectivity index (χ1v) is 12.1. The molecule has 0 unspecified atom stereocenters. The van der Waals surface area contributed by atoms with Crippen LogP contribution in [-0.4, -0.2) is 9.97 Å². The Bertz CT molecular complexity index is 1520. The first-order valence-electron chi connectivity index (χ1n) is 12.1. The molecule has 0 atom stereocenters. The highest BCUT2D eigenvalue weighted by molar-refractivity contribution is 5.92. The zero-order chi connectivity index (χ0) is 23.3. The van der Waals surface area contributed by atoms with Gasteiger partial charge in [-0.05, 0) is 75.5 Å². The summed E-state index contributed by atoms with van der Waals surface area (Å²) in [6, 6.07) is 28.2. The Morgan fingerprint density at radius 1 is 0.706 bits per heavy atom. The lowest BCUT2D eigenvalue weighted by atomic mass is 9.80. The minimum atomic E-state index is 0.0504. The highest BCUT2D eigenvalue weighted by atomic mass is 14.7. The molecular formula is C32H28N2. The van der Waals surface area contributed by atoms with Crippen LogP contribution >= 0.6 is 0 Å². The summed E-state index contributed by atoms with van der Waals surface area (Å²) in [5, 5.41) is 2.60. The predicted molar refractivity (Wildman–Crippen MR) is 142 cm³/mol. The molecule has 5 aromatic rings. The second-order valence-electron chi connectivity index (χ2n) is 10.3. The number of hydrogen-bond acceptors (Lipinski definition) is 2. The van der Waals surface area contributed by atoms with Gasteiger partial charge in [0.25, 0.3) is 0 Å². The van der Waals surface area contributed by atoms with E-state index in [1.807, 2.05) is 12.3 Å². The lowest BCUT2D eigenvalue weighted by molar-refractivity contribution is 0.596. The quantitative estimate of drug-likeness (QED) is 0.278. The van der Waals surface area contributed by atoms with Crippen LogP contribution in [0.3, 0.4) is 0 Å². The van der Waals surface area contributed by atoms with Crippen molar-refractivity contribution in [3.63, 3.8) is 0 Å². The van der Waals surface area contributed by atoms with E-state index in [9.17, 15) is 0 Å². The van der Waals surface area contributed by atoms with Gasteiger partial charge in [0.1, 0.15) is 0 Å². The maximum Gasteiger partial charge on any atom is 0.0740 e. The maximum absolute atomic E-state index is 4.91. The first kappa shape index (κ1) is 20.8. The summed E-state index contributed by atoms with van der Waals surface area (Å²) in [5.74, 6) is 0.